The van der Waals surface area contributed by atoms with E-state index in [4.69, 9.17) is 5.26 Å². The average Bonchev–Trinajstić information content (AvgIpc) is 2.36. The van der Waals surface area contributed by atoms with Crippen molar-refractivity contribution in [1.29, 1.82) is 5.26 Å². The molecule has 1 N–H and O–H groups in total. The number of hydrogen-bond donors (Lipinski definition) is 1. The number of nitrogens with one attached hydrogen (secondary N) is 1. The fourth-order valence-electron chi connectivity index (χ4n) is 0.563. The Morgan fingerprint density at radius 3 is 3.00 bits per heavy atom. The van der Waals surface area contributed by atoms with E-state index < -0.39 is 11.7 Å². The van der Waals surface area contributed by atoms with E-state index in [0.717, 1.165) is 11.3 Å². The van der Waals surface area contributed by atoms with Gasteiger partial charge < -0.3 is 0 Å². The molecule has 1 amide bonds. The normalized spacial score (nSPS) is 8.73. The van der Waals surface area contributed by atoms with E-state index in [-0.39, 0.29) is 4.88 Å². The Bertz CT molecular complexity index is 315. The summed E-state index contributed by atoms with van der Waals surface area (Å²) in [5, 5.41) is 11.3. The molecule has 0 atom stereocenters. The first-order valence-corrected chi connectivity index (χ1v) is 3.56. The summed E-state index contributed by atoms with van der Waals surface area (Å²) >= 11 is 0.959. The van der Waals surface area contributed by atoms with Crippen molar-refractivity contribution >= 4 is 17.2 Å². The van der Waals surface area contributed by atoms with E-state index in [1.807, 2.05) is 5.32 Å². The van der Waals surface area contributed by atoms with Gasteiger partial charge in [-0.25, -0.2) is 4.39 Å². The van der Waals surface area contributed by atoms with Crippen molar-refractivity contribution in [3.05, 3.63) is 22.1 Å². The predicted molar refractivity (Wildman–Crippen MR) is 37.4 cm³/mol. The Hall–Kier alpha value is -1.41. The number of nitrogens with zero attached hydrogens (tertiary/aromatic N) is 1. The maximum atomic E-state index is 12.6. The van der Waals surface area contributed by atoms with Crippen LogP contribution < -0.4 is 5.32 Å². The number of halogens is 1. The van der Waals surface area contributed by atoms with Crippen molar-refractivity contribution in [2.75, 3.05) is 0 Å². The Kier molecular flexibility index (Phi) is 2.18. The van der Waals surface area contributed by atoms with Crippen molar-refractivity contribution in [2.45, 2.75) is 0 Å². The van der Waals surface area contributed by atoms with Crippen LogP contribution in [-0.4, -0.2) is 5.91 Å². The molecule has 0 saturated heterocycles. The van der Waals surface area contributed by atoms with Crippen molar-refractivity contribution < 1.29 is 9.18 Å². The molecule has 0 aliphatic carbocycles. The van der Waals surface area contributed by atoms with Gasteiger partial charge in [0.15, 0.2) is 6.19 Å². The van der Waals surface area contributed by atoms with Crippen LogP contribution in [0.1, 0.15) is 9.67 Å². The van der Waals surface area contributed by atoms with Gasteiger partial charge in [-0.3, -0.25) is 10.1 Å². The molecule has 0 radical (unpaired) electrons. The molecule has 0 fully saturated rings. The Morgan fingerprint density at radius 2 is 2.55 bits per heavy atom. The molecule has 0 spiro atoms. The van der Waals surface area contributed by atoms with E-state index in [2.05, 4.69) is 0 Å². The molecule has 0 aromatic carbocycles. The lowest BCUT2D eigenvalue weighted by atomic mass is 10.4. The number of hydrogen-bond acceptors (Lipinski definition) is 3. The Morgan fingerprint density at radius 1 is 1.82 bits per heavy atom. The van der Waals surface area contributed by atoms with Crippen molar-refractivity contribution in [3.8, 4) is 6.19 Å². The average molecular weight is 170 g/mol. The molecule has 0 bridgehead atoms. The van der Waals surface area contributed by atoms with Crippen LogP contribution in [0.2, 0.25) is 0 Å². The topological polar surface area (TPSA) is 52.9 Å². The van der Waals surface area contributed by atoms with Gasteiger partial charge in [-0.1, -0.05) is 0 Å². The molecule has 1 aromatic rings. The molecule has 1 aromatic heterocycles. The van der Waals surface area contributed by atoms with E-state index in [1.165, 1.54) is 17.6 Å². The van der Waals surface area contributed by atoms with Crippen LogP contribution in [0.5, 0.6) is 0 Å². The van der Waals surface area contributed by atoms with E-state index in [9.17, 15) is 9.18 Å². The van der Waals surface area contributed by atoms with Crippen molar-refractivity contribution in [2.24, 2.45) is 0 Å². The number of rotatable bonds is 1. The SMILES string of the molecule is N#CNC(=O)c1sccc1F. The van der Waals surface area contributed by atoms with Crippen molar-refractivity contribution in [3.63, 3.8) is 0 Å². The van der Waals surface area contributed by atoms with Gasteiger partial charge in [0.1, 0.15) is 10.7 Å². The minimum absolute atomic E-state index is 0.0634. The molecule has 0 saturated carbocycles. The van der Waals surface area contributed by atoms with Gasteiger partial charge in [0.2, 0.25) is 0 Å². The van der Waals surface area contributed by atoms with Crippen LogP contribution in [0.3, 0.4) is 0 Å². The fourth-order valence-corrected chi connectivity index (χ4v) is 1.23. The van der Waals surface area contributed by atoms with Gasteiger partial charge in [0.05, 0.1) is 0 Å². The quantitative estimate of drug-likeness (QED) is 0.506. The molecule has 1 heterocycles. The van der Waals surface area contributed by atoms with Crippen LogP contribution in [0.4, 0.5) is 4.39 Å². The smallest absolute Gasteiger partial charge is 0.267 e. The Labute approximate surface area is 66.1 Å². The van der Waals surface area contributed by atoms with E-state index in [0.29, 0.717) is 0 Å². The van der Waals surface area contributed by atoms with E-state index in [1.54, 1.807) is 0 Å². The summed E-state index contributed by atoms with van der Waals surface area (Å²) in [5.41, 5.74) is 0. The van der Waals surface area contributed by atoms with Crippen LogP contribution >= 0.6 is 11.3 Å². The largest absolute Gasteiger partial charge is 0.277 e. The summed E-state index contributed by atoms with van der Waals surface area (Å²) in [6.45, 7) is 0. The van der Waals surface area contributed by atoms with Gasteiger partial charge in [0.25, 0.3) is 5.91 Å². The van der Waals surface area contributed by atoms with Gasteiger partial charge >= 0.3 is 0 Å². The first-order chi connectivity index (χ1) is 5.25. The molecule has 0 aliphatic heterocycles. The van der Waals surface area contributed by atoms with Crippen LogP contribution in [0, 0.1) is 17.3 Å². The van der Waals surface area contributed by atoms with Gasteiger partial charge in [0, 0.05) is 0 Å². The predicted octanol–water partition coefficient (Wildman–Crippen LogP) is 1.10. The first-order valence-electron chi connectivity index (χ1n) is 2.68. The van der Waals surface area contributed by atoms with Gasteiger partial charge in [-0.05, 0) is 11.4 Å². The molecule has 3 nitrogen and oxygen atoms in total. The second kappa shape index (κ2) is 3.12. The number of carbonyl (C=O) groups excluding carboxylic acids is 1. The molecule has 5 heteroatoms. The standard InChI is InChI=1S/C6H3FN2OS/c7-4-1-2-11-5(4)6(10)9-3-8/h1-2H,(H,9,10). The maximum Gasteiger partial charge on any atom is 0.277 e. The molecule has 11 heavy (non-hydrogen) atoms. The molecule has 0 unspecified atom stereocenters. The Balaban J connectivity index is 2.86. The highest BCUT2D eigenvalue weighted by atomic mass is 32.1. The van der Waals surface area contributed by atoms with Crippen LogP contribution in [-0.2, 0) is 0 Å². The van der Waals surface area contributed by atoms with Gasteiger partial charge in [-0.2, -0.15) is 5.26 Å². The summed E-state index contributed by atoms with van der Waals surface area (Å²) in [6, 6.07) is 1.18. The number of thiophene rings is 1. The highest BCUT2D eigenvalue weighted by molar-refractivity contribution is 7.12. The summed E-state index contributed by atoms with van der Waals surface area (Å²) in [4.78, 5) is 10.7. The number of carbonyl (C=O) groups is 1. The molecule has 1 rings (SSSR count). The molecule has 56 valence electrons. The highest BCUT2D eigenvalue weighted by Crippen LogP contribution is 2.13. The molecule has 0 aliphatic rings. The lowest BCUT2D eigenvalue weighted by molar-refractivity contribution is 0.0973. The monoisotopic (exact) mass is 170 g/mol. The third-order valence-electron chi connectivity index (χ3n) is 0.993. The zero-order valence-electron chi connectivity index (χ0n) is 5.30. The molecular formula is C6H3FN2OS. The van der Waals surface area contributed by atoms with Crippen LogP contribution in [0.15, 0.2) is 11.4 Å². The summed E-state index contributed by atoms with van der Waals surface area (Å²) in [7, 11) is 0. The lowest BCUT2D eigenvalue weighted by Gasteiger charge is -1.90. The summed E-state index contributed by atoms with van der Waals surface area (Å²) < 4.78 is 12.6. The second-order valence-corrected chi connectivity index (χ2v) is 2.58. The third kappa shape index (κ3) is 1.53. The second-order valence-electron chi connectivity index (χ2n) is 1.66. The van der Waals surface area contributed by atoms with Crippen LogP contribution in [0.25, 0.3) is 0 Å². The summed E-state index contributed by atoms with van der Waals surface area (Å²) in [6.07, 6.45) is 1.42. The summed E-state index contributed by atoms with van der Waals surface area (Å²) in [5.74, 6) is -1.29. The first kappa shape index (κ1) is 7.69. The zero-order valence-corrected chi connectivity index (χ0v) is 6.11. The number of amides is 1. The minimum atomic E-state index is -0.694. The third-order valence-corrected chi connectivity index (χ3v) is 1.88. The molecular weight excluding hydrogens is 167 g/mol. The minimum Gasteiger partial charge on any atom is -0.267 e. The van der Waals surface area contributed by atoms with Gasteiger partial charge in [-0.15, -0.1) is 11.3 Å². The lowest BCUT2D eigenvalue weighted by Crippen LogP contribution is -2.16. The number of nitriles is 1. The fraction of sp³-hybridized carbons (Fsp3) is 0. The van der Waals surface area contributed by atoms with E-state index >= 15 is 0 Å². The zero-order chi connectivity index (χ0) is 8.27. The van der Waals surface area contributed by atoms with Crippen molar-refractivity contribution in [1.82, 2.24) is 5.32 Å². The highest BCUT2D eigenvalue weighted by Gasteiger charge is 2.11. The maximum absolute atomic E-state index is 12.6.